The molecule has 1 aromatic carbocycles. The summed E-state index contributed by atoms with van der Waals surface area (Å²) in [6.07, 6.45) is -5.83. The van der Waals surface area contributed by atoms with Crippen LogP contribution in [0.2, 0.25) is 0 Å². The number of nitrogens with two attached hydrogens (primary N) is 1. The van der Waals surface area contributed by atoms with Crippen molar-refractivity contribution in [2.75, 3.05) is 0 Å². The van der Waals surface area contributed by atoms with E-state index in [0.29, 0.717) is 0 Å². The Kier molecular flexibility index (Phi) is 5.72. The van der Waals surface area contributed by atoms with E-state index in [2.05, 4.69) is 4.74 Å². The second kappa shape index (κ2) is 6.12. The van der Waals surface area contributed by atoms with Crippen LogP contribution in [0.3, 0.4) is 0 Å². The third-order valence-electron chi connectivity index (χ3n) is 2.11. The minimum atomic E-state index is -4.82. The fourth-order valence-corrected chi connectivity index (χ4v) is 1.26. The molecule has 4 nitrogen and oxygen atoms in total. The van der Waals surface area contributed by atoms with Gasteiger partial charge in [-0.05, 0) is 25.1 Å². The van der Waals surface area contributed by atoms with Gasteiger partial charge in [-0.1, -0.05) is 0 Å². The second-order valence-corrected chi connectivity index (χ2v) is 3.53. The molecule has 4 N–H and O–H groups in total. The van der Waals surface area contributed by atoms with Crippen LogP contribution in [-0.2, 0) is 0 Å². The van der Waals surface area contributed by atoms with Gasteiger partial charge in [-0.25, -0.2) is 0 Å². The molecule has 104 valence electrons. The standard InChI is InChI=1S/C10H12F3NO3.ClH/c1-5(15)9(14)7-4-6(2-3-8(7)16)17-10(11,12)13;/h2-5,9,15-16H,14H2,1H3;1H/t5-,9-;/m0./s1. The van der Waals surface area contributed by atoms with Crippen molar-refractivity contribution in [1.82, 2.24) is 0 Å². The molecule has 18 heavy (non-hydrogen) atoms. The zero-order chi connectivity index (χ0) is 13.2. The van der Waals surface area contributed by atoms with E-state index in [1.807, 2.05) is 0 Å². The smallest absolute Gasteiger partial charge is 0.508 e. The molecule has 0 fully saturated rings. The van der Waals surface area contributed by atoms with Crippen molar-refractivity contribution < 1.29 is 28.1 Å². The molecule has 0 radical (unpaired) electrons. The third-order valence-corrected chi connectivity index (χ3v) is 2.11. The molecule has 0 aliphatic rings. The van der Waals surface area contributed by atoms with Gasteiger partial charge in [0.25, 0.3) is 0 Å². The molecule has 0 aliphatic carbocycles. The Hall–Kier alpha value is -1.18. The number of alkyl halides is 3. The van der Waals surface area contributed by atoms with Gasteiger partial charge in [-0.3, -0.25) is 0 Å². The number of hydrogen-bond acceptors (Lipinski definition) is 4. The molecule has 0 heterocycles. The highest BCUT2D eigenvalue weighted by Gasteiger charge is 2.31. The lowest BCUT2D eigenvalue weighted by Crippen LogP contribution is -2.23. The van der Waals surface area contributed by atoms with Crippen molar-refractivity contribution >= 4 is 12.4 Å². The van der Waals surface area contributed by atoms with E-state index in [1.165, 1.54) is 6.92 Å². The summed E-state index contributed by atoms with van der Waals surface area (Å²) >= 11 is 0. The van der Waals surface area contributed by atoms with Gasteiger partial charge in [0.2, 0.25) is 0 Å². The monoisotopic (exact) mass is 287 g/mol. The highest BCUT2D eigenvalue weighted by molar-refractivity contribution is 5.85. The van der Waals surface area contributed by atoms with Gasteiger partial charge in [-0.15, -0.1) is 25.6 Å². The molecule has 0 spiro atoms. The molecule has 0 bridgehead atoms. The average molecular weight is 288 g/mol. The van der Waals surface area contributed by atoms with Crippen molar-refractivity contribution in [3.8, 4) is 11.5 Å². The first kappa shape index (κ1) is 16.8. The summed E-state index contributed by atoms with van der Waals surface area (Å²) in [6.45, 7) is 1.36. The van der Waals surface area contributed by atoms with Gasteiger partial charge in [-0.2, -0.15) is 0 Å². The van der Waals surface area contributed by atoms with Crippen LogP contribution in [0.5, 0.6) is 11.5 Å². The summed E-state index contributed by atoms with van der Waals surface area (Å²) in [5, 5.41) is 18.6. The molecular formula is C10H13ClF3NO3. The highest BCUT2D eigenvalue weighted by Crippen LogP contribution is 2.31. The number of rotatable bonds is 3. The molecule has 0 saturated heterocycles. The average Bonchev–Trinajstić information content (AvgIpc) is 2.17. The van der Waals surface area contributed by atoms with E-state index >= 15 is 0 Å². The molecule has 0 amide bonds. The van der Waals surface area contributed by atoms with Gasteiger partial charge in [0.15, 0.2) is 0 Å². The number of aromatic hydroxyl groups is 1. The predicted molar refractivity (Wildman–Crippen MR) is 60.6 cm³/mol. The number of benzene rings is 1. The van der Waals surface area contributed by atoms with E-state index in [4.69, 9.17) is 5.73 Å². The summed E-state index contributed by atoms with van der Waals surface area (Å²) in [5.74, 6) is -0.797. The molecule has 0 saturated carbocycles. The van der Waals surface area contributed by atoms with Crippen molar-refractivity contribution in [2.24, 2.45) is 5.73 Å². The van der Waals surface area contributed by atoms with Crippen LogP contribution in [0.1, 0.15) is 18.5 Å². The second-order valence-electron chi connectivity index (χ2n) is 3.53. The zero-order valence-corrected chi connectivity index (χ0v) is 10.1. The Bertz CT molecular complexity index is 398. The molecular weight excluding hydrogens is 275 g/mol. The number of phenols is 1. The Labute approximate surface area is 108 Å². The lowest BCUT2D eigenvalue weighted by Gasteiger charge is -2.18. The third kappa shape index (κ3) is 4.59. The Morgan fingerprint density at radius 1 is 1.33 bits per heavy atom. The first-order valence-electron chi connectivity index (χ1n) is 4.73. The molecule has 1 rings (SSSR count). The normalized spacial score (nSPS) is 14.6. The lowest BCUT2D eigenvalue weighted by atomic mass is 10.0. The number of ether oxygens (including phenoxy) is 1. The number of phenolic OH excluding ortho intramolecular Hbond substituents is 1. The van der Waals surface area contributed by atoms with Crippen LogP contribution >= 0.6 is 12.4 Å². The number of halogens is 4. The molecule has 8 heteroatoms. The van der Waals surface area contributed by atoms with Gasteiger partial charge in [0, 0.05) is 5.56 Å². The topological polar surface area (TPSA) is 75.7 Å². The fourth-order valence-electron chi connectivity index (χ4n) is 1.26. The van der Waals surface area contributed by atoms with Crippen LogP contribution < -0.4 is 10.5 Å². The lowest BCUT2D eigenvalue weighted by molar-refractivity contribution is -0.274. The maximum absolute atomic E-state index is 12.0. The van der Waals surface area contributed by atoms with Crippen LogP contribution in [-0.4, -0.2) is 22.7 Å². The predicted octanol–water partition coefficient (Wildman–Crippen LogP) is 2.09. The number of aliphatic hydroxyl groups excluding tert-OH is 1. The van der Waals surface area contributed by atoms with E-state index in [9.17, 15) is 23.4 Å². The van der Waals surface area contributed by atoms with E-state index < -0.39 is 24.3 Å². The van der Waals surface area contributed by atoms with Gasteiger partial charge < -0.3 is 20.7 Å². The van der Waals surface area contributed by atoms with Gasteiger partial charge >= 0.3 is 6.36 Å². The van der Waals surface area contributed by atoms with E-state index in [-0.39, 0.29) is 23.7 Å². The fraction of sp³-hybridized carbons (Fsp3) is 0.400. The van der Waals surface area contributed by atoms with Crippen LogP contribution in [0.4, 0.5) is 13.2 Å². The molecule has 0 aliphatic heterocycles. The summed E-state index contributed by atoms with van der Waals surface area (Å²) in [4.78, 5) is 0. The number of hydrogen-bond donors (Lipinski definition) is 3. The van der Waals surface area contributed by atoms with Crippen molar-refractivity contribution in [3.63, 3.8) is 0 Å². The quantitative estimate of drug-likeness (QED) is 0.796. The Morgan fingerprint density at radius 3 is 2.33 bits per heavy atom. The van der Waals surface area contributed by atoms with E-state index in [1.54, 1.807) is 0 Å². The molecule has 0 unspecified atom stereocenters. The summed E-state index contributed by atoms with van der Waals surface area (Å²) in [6, 6.07) is 1.94. The maximum Gasteiger partial charge on any atom is 0.573 e. The Balaban J connectivity index is 0.00000289. The number of aliphatic hydroxyl groups is 1. The summed E-state index contributed by atoms with van der Waals surface area (Å²) < 4.78 is 39.6. The van der Waals surface area contributed by atoms with Crippen LogP contribution in [0.25, 0.3) is 0 Å². The van der Waals surface area contributed by atoms with Crippen LogP contribution in [0.15, 0.2) is 18.2 Å². The SMILES string of the molecule is C[C@H](O)[C@H](N)c1cc(OC(F)(F)F)ccc1O.Cl. The molecule has 1 aromatic rings. The van der Waals surface area contributed by atoms with Crippen molar-refractivity contribution in [1.29, 1.82) is 0 Å². The zero-order valence-electron chi connectivity index (χ0n) is 9.31. The molecule has 0 aromatic heterocycles. The highest BCUT2D eigenvalue weighted by atomic mass is 35.5. The Morgan fingerprint density at radius 2 is 1.89 bits per heavy atom. The van der Waals surface area contributed by atoms with Gasteiger partial charge in [0.1, 0.15) is 11.5 Å². The van der Waals surface area contributed by atoms with Crippen molar-refractivity contribution in [2.45, 2.75) is 25.4 Å². The van der Waals surface area contributed by atoms with E-state index in [0.717, 1.165) is 18.2 Å². The van der Waals surface area contributed by atoms with Gasteiger partial charge in [0.05, 0.1) is 12.1 Å². The first-order valence-corrected chi connectivity index (χ1v) is 4.73. The minimum absolute atomic E-state index is 0. The van der Waals surface area contributed by atoms with Crippen LogP contribution in [0, 0.1) is 0 Å². The summed E-state index contributed by atoms with van der Waals surface area (Å²) in [7, 11) is 0. The minimum Gasteiger partial charge on any atom is -0.508 e. The van der Waals surface area contributed by atoms with Crippen molar-refractivity contribution in [3.05, 3.63) is 23.8 Å². The maximum atomic E-state index is 12.0. The largest absolute Gasteiger partial charge is 0.573 e. The first-order chi connectivity index (χ1) is 7.70. The summed E-state index contributed by atoms with van der Waals surface area (Å²) in [5.41, 5.74) is 5.51. The molecule has 2 atom stereocenters.